The van der Waals surface area contributed by atoms with Crippen LogP contribution in [0.4, 0.5) is 0 Å². The molecule has 0 atom stereocenters. The van der Waals surface area contributed by atoms with Crippen molar-refractivity contribution in [3.8, 4) is 0 Å². The third kappa shape index (κ3) is 1.61. The molecule has 1 amide bonds. The number of nitrogens with zero attached hydrogens (tertiary/aromatic N) is 1. The molecule has 1 fully saturated rings. The molecule has 0 bridgehead atoms. The van der Waals surface area contributed by atoms with E-state index in [4.69, 9.17) is 0 Å². The quantitative estimate of drug-likeness (QED) is 0.547. The largest absolute Gasteiger partial charge is 0.333 e. The average Bonchev–Trinajstić information content (AvgIpc) is 2.37. The summed E-state index contributed by atoms with van der Waals surface area (Å²) in [7, 11) is 0. The van der Waals surface area contributed by atoms with Crippen LogP contribution in [0.5, 0.6) is 0 Å². The van der Waals surface area contributed by atoms with Crippen LogP contribution >= 0.6 is 11.8 Å². The lowest BCUT2D eigenvalue weighted by Gasteiger charge is -2.11. The molecule has 0 aliphatic carbocycles. The zero-order valence-electron chi connectivity index (χ0n) is 5.59. The van der Waals surface area contributed by atoms with Gasteiger partial charge in [0.1, 0.15) is 0 Å². The van der Waals surface area contributed by atoms with Crippen LogP contribution in [-0.4, -0.2) is 29.0 Å². The highest BCUT2D eigenvalue weighted by Crippen LogP contribution is 2.13. The van der Waals surface area contributed by atoms with Crippen LogP contribution in [0, 0.1) is 0 Å². The van der Waals surface area contributed by atoms with Crippen molar-refractivity contribution in [3.63, 3.8) is 0 Å². The summed E-state index contributed by atoms with van der Waals surface area (Å²) in [5.41, 5.74) is 0. The minimum absolute atomic E-state index is 0.292. The number of carbonyl (C=O) groups is 1. The molecule has 1 saturated heterocycles. The van der Waals surface area contributed by atoms with E-state index in [9.17, 15) is 4.79 Å². The number of hydrogen-bond donors (Lipinski definition) is 0. The molecule has 0 spiro atoms. The fraction of sp³-hybridized carbons (Fsp3) is 0.833. The third-order valence-electron chi connectivity index (χ3n) is 1.41. The lowest BCUT2D eigenvalue weighted by Crippen LogP contribution is -2.26. The molecule has 1 heterocycles. The van der Waals surface area contributed by atoms with E-state index in [-0.39, 0.29) is 0 Å². The summed E-state index contributed by atoms with van der Waals surface area (Å²) in [5, 5.41) is 0. The standard InChI is InChI=1S/C6H11NOS/c1-2-6(8)7-3-4-9-5-7/h2-5H2,1H3. The molecule has 3 heteroatoms. The smallest absolute Gasteiger partial charge is 0.222 e. The van der Waals surface area contributed by atoms with Gasteiger partial charge in [-0.1, -0.05) is 6.92 Å². The summed E-state index contributed by atoms with van der Waals surface area (Å²) < 4.78 is 0. The van der Waals surface area contributed by atoms with Gasteiger partial charge in [-0.3, -0.25) is 4.79 Å². The maximum atomic E-state index is 10.9. The van der Waals surface area contributed by atoms with Crippen molar-refractivity contribution in [2.45, 2.75) is 13.3 Å². The molecule has 1 rings (SSSR count). The summed E-state index contributed by atoms with van der Waals surface area (Å²) >= 11 is 1.83. The molecule has 2 nitrogen and oxygen atoms in total. The second-order valence-corrected chi connectivity index (χ2v) is 3.12. The molecule has 0 N–H and O–H groups in total. The SMILES string of the molecule is CCC(=O)N1CCSC1. The lowest BCUT2D eigenvalue weighted by molar-refractivity contribution is -0.129. The topological polar surface area (TPSA) is 20.3 Å². The van der Waals surface area contributed by atoms with E-state index >= 15 is 0 Å². The van der Waals surface area contributed by atoms with Crippen LogP contribution in [-0.2, 0) is 4.79 Å². The Morgan fingerprint density at radius 3 is 3.00 bits per heavy atom. The van der Waals surface area contributed by atoms with Crippen molar-refractivity contribution in [2.24, 2.45) is 0 Å². The number of rotatable bonds is 1. The number of carbonyl (C=O) groups excluding carboxylic acids is 1. The maximum Gasteiger partial charge on any atom is 0.222 e. The first-order valence-electron chi connectivity index (χ1n) is 3.20. The predicted molar refractivity (Wildman–Crippen MR) is 39.3 cm³/mol. The van der Waals surface area contributed by atoms with Crippen molar-refractivity contribution in [1.82, 2.24) is 4.90 Å². The van der Waals surface area contributed by atoms with Crippen molar-refractivity contribution in [2.75, 3.05) is 18.2 Å². The van der Waals surface area contributed by atoms with Crippen molar-refractivity contribution >= 4 is 17.7 Å². The van der Waals surface area contributed by atoms with Gasteiger partial charge in [0.15, 0.2) is 0 Å². The van der Waals surface area contributed by atoms with E-state index in [1.54, 1.807) is 0 Å². The molecule has 0 aromatic carbocycles. The minimum Gasteiger partial charge on any atom is -0.333 e. The Morgan fingerprint density at radius 2 is 2.56 bits per heavy atom. The minimum atomic E-state index is 0.292. The Bertz CT molecular complexity index is 110. The Hall–Kier alpha value is -0.180. The number of thioether (sulfide) groups is 1. The molecule has 1 aliphatic heterocycles. The van der Waals surface area contributed by atoms with Gasteiger partial charge in [-0.25, -0.2) is 0 Å². The second-order valence-electron chi connectivity index (χ2n) is 2.05. The summed E-state index contributed by atoms with van der Waals surface area (Å²) in [6.07, 6.45) is 0.653. The first-order chi connectivity index (χ1) is 4.34. The van der Waals surface area contributed by atoms with Crippen LogP contribution in [0.2, 0.25) is 0 Å². The van der Waals surface area contributed by atoms with E-state index in [0.717, 1.165) is 18.2 Å². The van der Waals surface area contributed by atoms with Crippen molar-refractivity contribution in [3.05, 3.63) is 0 Å². The van der Waals surface area contributed by atoms with E-state index in [1.165, 1.54) is 0 Å². The highest BCUT2D eigenvalue weighted by atomic mass is 32.2. The maximum absolute atomic E-state index is 10.9. The van der Waals surface area contributed by atoms with Gasteiger partial charge in [0.25, 0.3) is 0 Å². The van der Waals surface area contributed by atoms with Crippen LogP contribution in [0.1, 0.15) is 13.3 Å². The fourth-order valence-electron chi connectivity index (χ4n) is 0.834. The van der Waals surface area contributed by atoms with Gasteiger partial charge < -0.3 is 4.90 Å². The van der Waals surface area contributed by atoms with Gasteiger partial charge >= 0.3 is 0 Å². The van der Waals surface area contributed by atoms with Gasteiger partial charge in [-0.2, -0.15) is 0 Å². The monoisotopic (exact) mass is 145 g/mol. The molecule has 9 heavy (non-hydrogen) atoms. The normalized spacial score (nSPS) is 18.6. The van der Waals surface area contributed by atoms with Gasteiger partial charge in [0.05, 0.1) is 5.88 Å². The molecule has 0 unspecified atom stereocenters. The molecule has 0 aromatic rings. The molecule has 1 aliphatic rings. The van der Waals surface area contributed by atoms with E-state index < -0.39 is 0 Å². The number of hydrogen-bond acceptors (Lipinski definition) is 2. The van der Waals surface area contributed by atoms with Gasteiger partial charge in [0.2, 0.25) is 5.91 Å². The predicted octanol–water partition coefficient (Wildman–Crippen LogP) is 0.929. The third-order valence-corrected chi connectivity index (χ3v) is 2.37. The highest BCUT2D eigenvalue weighted by molar-refractivity contribution is 7.99. The van der Waals surface area contributed by atoms with Crippen LogP contribution in [0.3, 0.4) is 0 Å². The fourth-order valence-corrected chi connectivity index (χ4v) is 1.81. The van der Waals surface area contributed by atoms with Crippen LogP contribution in [0.25, 0.3) is 0 Å². The van der Waals surface area contributed by atoms with Gasteiger partial charge in [-0.15, -0.1) is 11.8 Å². The zero-order valence-corrected chi connectivity index (χ0v) is 6.41. The van der Waals surface area contributed by atoms with Crippen molar-refractivity contribution in [1.29, 1.82) is 0 Å². The van der Waals surface area contributed by atoms with E-state index in [1.807, 2.05) is 23.6 Å². The molecule has 0 saturated carbocycles. The van der Waals surface area contributed by atoms with Gasteiger partial charge in [0, 0.05) is 18.7 Å². The Balaban J connectivity index is 2.32. The Labute approximate surface area is 59.6 Å². The van der Waals surface area contributed by atoms with Crippen LogP contribution < -0.4 is 0 Å². The molecule has 52 valence electrons. The van der Waals surface area contributed by atoms with E-state index in [2.05, 4.69) is 0 Å². The highest BCUT2D eigenvalue weighted by Gasteiger charge is 2.15. The lowest BCUT2D eigenvalue weighted by atomic mass is 10.4. The molecular weight excluding hydrogens is 134 g/mol. The number of amides is 1. The first kappa shape index (κ1) is 6.93. The first-order valence-corrected chi connectivity index (χ1v) is 4.35. The molecule has 0 aromatic heterocycles. The van der Waals surface area contributed by atoms with Crippen molar-refractivity contribution < 1.29 is 4.79 Å². The summed E-state index contributed by atoms with van der Waals surface area (Å²) in [6, 6.07) is 0. The molecule has 0 radical (unpaired) electrons. The average molecular weight is 145 g/mol. The van der Waals surface area contributed by atoms with Gasteiger partial charge in [-0.05, 0) is 0 Å². The van der Waals surface area contributed by atoms with Crippen LogP contribution in [0.15, 0.2) is 0 Å². The molecular formula is C6H11NOS. The summed E-state index contributed by atoms with van der Waals surface area (Å²) in [5.74, 6) is 2.32. The Morgan fingerprint density at radius 1 is 1.78 bits per heavy atom. The Kier molecular flexibility index (Phi) is 2.39. The zero-order chi connectivity index (χ0) is 6.69. The summed E-state index contributed by atoms with van der Waals surface area (Å²) in [6.45, 7) is 2.86. The second kappa shape index (κ2) is 3.11. The summed E-state index contributed by atoms with van der Waals surface area (Å²) in [4.78, 5) is 12.8. The van der Waals surface area contributed by atoms with E-state index in [0.29, 0.717) is 12.3 Å².